The fourth-order valence-corrected chi connectivity index (χ4v) is 3.03. The Morgan fingerprint density at radius 1 is 1.37 bits per heavy atom. The van der Waals surface area contributed by atoms with E-state index in [1.54, 1.807) is 24.1 Å². The Morgan fingerprint density at radius 2 is 2.11 bits per heavy atom. The zero-order chi connectivity index (χ0) is 19.4. The monoisotopic (exact) mass is 370 g/mol. The summed E-state index contributed by atoms with van der Waals surface area (Å²) in [6, 6.07) is 10.6. The van der Waals surface area contributed by atoms with Crippen LogP contribution in [0.5, 0.6) is 11.6 Å². The van der Waals surface area contributed by atoms with E-state index in [4.69, 9.17) is 15.6 Å². The smallest absolute Gasteiger partial charge is 0.303 e. The highest BCUT2D eigenvalue weighted by atomic mass is 16.5. The van der Waals surface area contributed by atoms with Crippen LogP contribution < -0.4 is 10.5 Å². The number of pyridine rings is 1. The Balaban J connectivity index is 1.82. The van der Waals surface area contributed by atoms with E-state index in [0.717, 1.165) is 5.56 Å². The fourth-order valence-electron chi connectivity index (χ4n) is 3.03. The summed E-state index contributed by atoms with van der Waals surface area (Å²) in [6.07, 6.45) is 1.02. The number of carboxylic acids is 1. The first-order valence-corrected chi connectivity index (χ1v) is 8.66. The van der Waals surface area contributed by atoms with Gasteiger partial charge >= 0.3 is 5.97 Å². The number of aliphatic hydroxyl groups excluding tert-OH is 1. The van der Waals surface area contributed by atoms with E-state index in [-0.39, 0.29) is 18.8 Å². The van der Waals surface area contributed by atoms with E-state index in [1.165, 1.54) is 0 Å². The highest BCUT2D eigenvalue weighted by Gasteiger charge is 2.29. The summed E-state index contributed by atoms with van der Waals surface area (Å²) in [5.74, 6) is 0.410. The van der Waals surface area contributed by atoms with Gasteiger partial charge in [0.1, 0.15) is 5.75 Å². The molecule has 0 saturated heterocycles. The first-order chi connectivity index (χ1) is 12.9. The molecule has 0 amide bonds. The molecule has 3 rings (SSSR count). The van der Waals surface area contributed by atoms with Crippen LogP contribution in [0.4, 0.5) is 5.69 Å². The van der Waals surface area contributed by atoms with Crippen molar-refractivity contribution < 1.29 is 19.7 Å². The zero-order valence-electron chi connectivity index (χ0n) is 14.9. The van der Waals surface area contributed by atoms with Gasteiger partial charge in [0.15, 0.2) is 5.96 Å². The normalized spacial score (nSPS) is 15.5. The number of aliphatic carboxylic acids is 1. The lowest BCUT2D eigenvalue weighted by Gasteiger charge is -2.36. The molecule has 0 unspecified atom stereocenters. The van der Waals surface area contributed by atoms with E-state index in [0.29, 0.717) is 23.9 Å². The molecular weight excluding hydrogens is 348 g/mol. The average Bonchev–Trinajstić information content (AvgIpc) is 2.63. The van der Waals surface area contributed by atoms with Crippen LogP contribution in [-0.2, 0) is 11.3 Å². The molecule has 2 heterocycles. The van der Waals surface area contributed by atoms with Crippen molar-refractivity contribution in [3.05, 3.63) is 48.2 Å². The van der Waals surface area contributed by atoms with Crippen LogP contribution in [0.3, 0.4) is 0 Å². The lowest BCUT2D eigenvalue weighted by molar-refractivity contribution is -0.137. The lowest BCUT2D eigenvalue weighted by atomic mass is 10.0. The number of carboxylic acid groups (broad SMARTS) is 1. The molecule has 0 aliphatic carbocycles. The second-order valence-electron chi connectivity index (χ2n) is 6.40. The van der Waals surface area contributed by atoms with E-state index in [2.05, 4.69) is 9.98 Å². The largest absolute Gasteiger partial charge is 0.481 e. The Hall–Kier alpha value is -3.13. The second kappa shape index (κ2) is 8.05. The molecule has 0 radical (unpaired) electrons. The summed E-state index contributed by atoms with van der Waals surface area (Å²) in [4.78, 5) is 21.3. The minimum Gasteiger partial charge on any atom is -0.481 e. The molecule has 8 heteroatoms. The van der Waals surface area contributed by atoms with Crippen molar-refractivity contribution in [1.82, 2.24) is 9.88 Å². The van der Waals surface area contributed by atoms with Crippen molar-refractivity contribution >= 4 is 17.6 Å². The van der Waals surface area contributed by atoms with Gasteiger partial charge in [-0.2, -0.15) is 0 Å². The van der Waals surface area contributed by atoms with E-state index in [1.807, 2.05) is 30.3 Å². The lowest BCUT2D eigenvalue weighted by Crippen LogP contribution is -2.50. The van der Waals surface area contributed by atoms with Crippen LogP contribution >= 0.6 is 0 Å². The number of aromatic nitrogens is 1. The Morgan fingerprint density at radius 3 is 2.78 bits per heavy atom. The number of nitrogens with zero attached hydrogens (tertiary/aromatic N) is 3. The number of fused-ring (bicyclic) bond motifs is 1. The van der Waals surface area contributed by atoms with Gasteiger partial charge in [-0.25, -0.2) is 9.98 Å². The Kier molecular flexibility index (Phi) is 5.56. The van der Waals surface area contributed by atoms with E-state index in [9.17, 15) is 9.90 Å². The Labute approximate surface area is 156 Å². The second-order valence-corrected chi connectivity index (χ2v) is 6.40. The van der Waals surface area contributed by atoms with Gasteiger partial charge in [-0.1, -0.05) is 18.2 Å². The van der Waals surface area contributed by atoms with Gasteiger partial charge in [0.2, 0.25) is 5.88 Å². The average molecular weight is 370 g/mol. The summed E-state index contributed by atoms with van der Waals surface area (Å²) >= 11 is 0. The Bertz CT molecular complexity index is 839. The number of guanidine groups is 1. The molecule has 1 aromatic heterocycles. The third-order valence-corrected chi connectivity index (χ3v) is 4.39. The van der Waals surface area contributed by atoms with Gasteiger partial charge in [-0.05, 0) is 25.5 Å². The molecular formula is C19H22N4O4. The molecule has 1 aliphatic rings. The number of benzene rings is 1. The molecule has 1 aromatic carbocycles. The highest BCUT2D eigenvalue weighted by Crippen LogP contribution is 2.31. The van der Waals surface area contributed by atoms with Crippen molar-refractivity contribution in [3.8, 4) is 11.6 Å². The zero-order valence-corrected chi connectivity index (χ0v) is 14.9. The van der Waals surface area contributed by atoms with Crippen molar-refractivity contribution in [2.24, 2.45) is 10.7 Å². The number of carbonyl (C=O) groups is 1. The van der Waals surface area contributed by atoms with Crippen LogP contribution in [0, 0.1) is 0 Å². The van der Waals surface area contributed by atoms with Gasteiger partial charge < -0.3 is 25.6 Å². The molecule has 0 fully saturated rings. The maximum Gasteiger partial charge on any atom is 0.303 e. The molecule has 0 spiro atoms. The summed E-state index contributed by atoms with van der Waals surface area (Å²) in [5.41, 5.74) is 7.53. The third-order valence-electron chi connectivity index (χ3n) is 4.39. The highest BCUT2D eigenvalue weighted by molar-refractivity contribution is 5.84. The molecule has 27 heavy (non-hydrogen) atoms. The van der Waals surface area contributed by atoms with Gasteiger partial charge in [-0.15, -0.1) is 0 Å². The number of nitrogens with two attached hydrogens (primary N) is 1. The number of para-hydroxylation sites is 1. The first kappa shape index (κ1) is 18.7. The molecule has 8 nitrogen and oxygen atoms in total. The van der Waals surface area contributed by atoms with Crippen LogP contribution in [-0.4, -0.2) is 44.2 Å². The maximum absolute atomic E-state index is 10.9. The SMILES string of the molecule is C[C@@H](O)[C@H](CCC(=O)O)N1Cc2cc(Oc3ccccc3)ncc2N=C1N. The standard InChI is InChI=1S/C19H22N4O4/c1-12(24)16(7-8-18(25)26)23-11-13-9-17(21-10-15(13)22-19(23)20)27-14-5-3-2-4-6-14/h2-6,9-10,12,16,24H,7-8,11H2,1H3,(H2,20,22)(H,25,26)/t12-,16+/m1/s1. The molecule has 142 valence electrons. The van der Waals surface area contributed by atoms with Crippen LogP contribution in [0.1, 0.15) is 25.3 Å². The molecule has 0 bridgehead atoms. The van der Waals surface area contributed by atoms with Gasteiger partial charge in [0.05, 0.1) is 24.0 Å². The predicted molar refractivity (Wildman–Crippen MR) is 99.9 cm³/mol. The number of hydrogen-bond donors (Lipinski definition) is 3. The topological polar surface area (TPSA) is 121 Å². The third kappa shape index (κ3) is 4.53. The van der Waals surface area contributed by atoms with Gasteiger partial charge in [0, 0.05) is 24.6 Å². The van der Waals surface area contributed by atoms with Crippen molar-refractivity contribution in [1.29, 1.82) is 0 Å². The number of rotatable bonds is 7. The number of aliphatic hydroxyl groups is 1. The molecule has 0 saturated carbocycles. The van der Waals surface area contributed by atoms with Crippen LogP contribution in [0.15, 0.2) is 47.6 Å². The molecule has 2 aromatic rings. The summed E-state index contributed by atoms with van der Waals surface area (Å²) < 4.78 is 5.76. The van der Waals surface area contributed by atoms with Crippen molar-refractivity contribution in [2.75, 3.05) is 0 Å². The van der Waals surface area contributed by atoms with E-state index < -0.39 is 18.1 Å². The maximum atomic E-state index is 10.9. The summed E-state index contributed by atoms with van der Waals surface area (Å²) in [7, 11) is 0. The summed E-state index contributed by atoms with van der Waals surface area (Å²) in [5, 5.41) is 19.1. The first-order valence-electron chi connectivity index (χ1n) is 8.66. The minimum atomic E-state index is -0.920. The predicted octanol–water partition coefficient (Wildman–Crippen LogP) is 2.25. The number of hydrogen-bond acceptors (Lipinski definition) is 7. The quantitative estimate of drug-likeness (QED) is 0.683. The van der Waals surface area contributed by atoms with E-state index >= 15 is 0 Å². The van der Waals surface area contributed by atoms with Gasteiger partial charge in [-0.3, -0.25) is 4.79 Å². The van der Waals surface area contributed by atoms with Crippen molar-refractivity contribution in [3.63, 3.8) is 0 Å². The number of ether oxygens (including phenoxy) is 1. The summed E-state index contributed by atoms with van der Waals surface area (Å²) in [6.45, 7) is 2.00. The fraction of sp³-hybridized carbons (Fsp3) is 0.316. The molecule has 2 atom stereocenters. The molecule has 4 N–H and O–H groups in total. The number of aliphatic imine (C=N–C) groups is 1. The molecule has 1 aliphatic heterocycles. The van der Waals surface area contributed by atoms with Gasteiger partial charge in [0.25, 0.3) is 0 Å². The van der Waals surface area contributed by atoms with Crippen molar-refractivity contribution in [2.45, 2.75) is 38.5 Å². The van der Waals surface area contributed by atoms with Crippen LogP contribution in [0.25, 0.3) is 0 Å². The van der Waals surface area contributed by atoms with Crippen LogP contribution in [0.2, 0.25) is 0 Å². The minimum absolute atomic E-state index is 0.0646.